The molecule has 1 atom stereocenters. The average Bonchev–Trinajstić information content (AvgIpc) is 3.08. The molecule has 2 aromatic rings. The predicted molar refractivity (Wildman–Crippen MR) is 93.1 cm³/mol. The van der Waals surface area contributed by atoms with Crippen LogP contribution in [0.1, 0.15) is 48.6 Å². The van der Waals surface area contributed by atoms with Crippen molar-refractivity contribution in [2.75, 3.05) is 20.2 Å². The summed E-state index contributed by atoms with van der Waals surface area (Å²) in [5, 5.41) is 3.48. The molecule has 1 aliphatic heterocycles. The molecule has 2 heterocycles. The number of alkyl halides is 3. The Morgan fingerprint density at radius 3 is 2.59 bits per heavy atom. The van der Waals surface area contributed by atoms with E-state index in [4.69, 9.17) is 9.26 Å². The number of piperidine rings is 1. The molecule has 1 aromatic carbocycles. The van der Waals surface area contributed by atoms with Gasteiger partial charge in [0.1, 0.15) is 12.0 Å². The number of aromatic nitrogens is 2. The van der Waals surface area contributed by atoms with Gasteiger partial charge in [0.2, 0.25) is 0 Å². The van der Waals surface area contributed by atoms with Gasteiger partial charge < -0.3 is 9.26 Å². The van der Waals surface area contributed by atoms with Crippen molar-refractivity contribution < 1.29 is 22.4 Å². The molecule has 1 aromatic heterocycles. The fraction of sp³-hybridized carbons (Fsp3) is 0.579. The highest BCUT2D eigenvalue weighted by atomic mass is 19.4. The maximum absolute atomic E-state index is 12.5. The van der Waals surface area contributed by atoms with Crippen molar-refractivity contribution in [1.82, 2.24) is 15.0 Å². The van der Waals surface area contributed by atoms with Crippen LogP contribution in [0.25, 0.3) is 0 Å². The van der Waals surface area contributed by atoms with Gasteiger partial charge in [0.25, 0.3) is 5.89 Å². The normalized spacial score (nSPS) is 19.2. The van der Waals surface area contributed by atoms with Crippen molar-refractivity contribution >= 4 is 0 Å². The topological polar surface area (TPSA) is 51.4 Å². The number of hydrogen-bond donors (Lipinski definition) is 0. The zero-order valence-electron chi connectivity index (χ0n) is 15.7. The summed E-state index contributed by atoms with van der Waals surface area (Å²) in [7, 11) is 1.53. The second kappa shape index (κ2) is 7.59. The summed E-state index contributed by atoms with van der Waals surface area (Å²) in [6.45, 7) is 5.67. The summed E-state index contributed by atoms with van der Waals surface area (Å²) in [6.07, 6.45) is -4.42. The van der Waals surface area contributed by atoms with Crippen LogP contribution in [0.2, 0.25) is 0 Å². The first kappa shape index (κ1) is 19.8. The molecule has 5 nitrogen and oxygen atoms in total. The Balaban J connectivity index is 1.70. The number of methoxy groups -OCH3 is 1. The first-order valence-corrected chi connectivity index (χ1v) is 8.98. The number of aryl methyl sites for hydroxylation is 1. The van der Waals surface area contributed by atoms with Gasteiger partial charge in [-0.3, -0.25) is 4.90 Å². The summed E-state index contributed by atoms with van der Waals surface area (Å²) in [5.74, 6) is -0.225. The molecule has 1 fully saturated rings. The molecule has 8 heteroatoms. The molecule has 0 saturated carbocycles. The maximum Gasteiger partial charge on any atom is 0.396 e. The summed E-state index contributed by atoms with van der Waals surface area (Å²) in [4.78, 5) is 6.29. The largest absolute Gasteiger partial charge is 0.396 e. The number of halogens is 3. The van der Waals surface area contributed by atoms with Crippen molar-refractivity contribution in [3.63, 3.8) is 0 Å². The lowest BCUT2D eigenvalue weighted by Gasteiger charge is -2.41. The second-order valence-electron chi connectivity index (χ2n) is 7.13. The highest BCUT2D eigenvalue weighted by Crippen LogP contribution is 2.38. The van der Waals surface area contributed by atoms with Gasteiger partial charge >= 0.3 is 6.18 Å². The van der Waals surface area contributed by atoms with Gasteiger partial charge in [-0.1, -0.05) is 35.0 Å². The molecule has 27 heavy (non-hydrogen) atoms. The molecule has 0 aliphatic carbocycles. The summed E-state index contributed by atoms with van der Waals surface area (Å²) in [5.41, 5.74) is 1.62. The van der Waals surface area contributed by atoms with Crippen molar-refractivity contribution in [1.29, 1.82) is 0 Å². The molecule has 1 aliphatic rings. The smallest absolute Gasteiger partial charge is 0.368 e. The zero-order chi connectivity index (χ0) is 19.7. The predicted octanol–water partition coefficient (Wildman–Crippen LogP) is 4.18. The lowest BCUT2D eigenvalue weighted by Crippen LogP contribution is -2.44. The Kier molecular flexibility index (Phi) is 5.58. The summed E-state index contributed by atoms with van der Waals surface area (Å²) < 4.78 is 48.4. The highest BCUT2D eigenvalue weighted by molar-refractivity contribution is 5.25. The van der Waals surface area contributed by atoms with Gasteiger partial charge in [0, 0.05) is 26.2 Å². The van der Waals surface area contributed by atoms with Crippen molar-refractivity contribution in [2.45, 2.75) is 50.9 Å². The minimum Gasteiger partial charge on any atom is -0.368 e. The van der Waals surface area contributed by atoms with E-state index in [0.29, 0.717) is 12.8 Å². The quantitative estimate of drug-likeness (QED) is 0.775. The molecule has 0 spiro atoms. The van der Waals surface area contributed by atoms with E-state index < -0.39 is 18.2 Å². The Morgan fingerprint density at radius 1 is 1.30 bits per heavy atom. The Hall–Kier alpha value is -1.93. The van der Waals surface area contributed by atoms with Crippen LogP contribution in [0.4, 0.5) is 13.2 Å². The Labute approximate surface area is 156 Å². The van der Waals surface area contributed by atoms with Crippen LogP contribution >= 0.6 is 0 Å². The van der Waals surface area contributed by atoms with Gasteiger partial charge in [-0.2, -0.15) is 18.2 Å². The zero-order valence-corrected chi connectivity index (χ0v) is 15.7. The third-order valence-electron chi connectivity index (χ3n) is 5.29. The number of rotatable bonds is 5. The van der Waals surface area contributed by atoms with Crippen molar-refractivity contribution in [3.8, 4) is 0 Å². The SMILES string of the molecule is COC1(c2nc(CC(F)(F)F)no2)CCN([C@H](C)c2cccc(C)c2)CC1. The first-order chi connectivity index (χ1) is 12.7. The summed E-state index contributed by atoms with van der Waals surface area (Å²) in [6, 6.07) is 8.63. The van der Waals surface area contributed by atoms with Gasteiger partial charge in [-0.15, -0.1) is 0 Å². The molecule has 0 bridgehead atoms. The van der Waals surface area contributed by atoms with E-state index in [1.807, 2.05) is 6.07 Å². The van der Waals surface area contributed by atoms with E-state index in [0.717, 1.165) is 13.1 Å². The lowest BCUT2D eigenvalue weighted by molar-refractivity contribution is -0.128. The lowest BCUT2D eigenvalue weighted by atomic mass is 9.89. The first-order valence-electron chi connectivity index (χ1n) is 8.98. The van der Waals surface area contributed by atoms with Crippen LogP contribution in [-0.2, 0) is 16.8 Å². The number of nitrogens with zero attached hydrogens (tertiary/aromatic N) is 3. The Morgan fingerprint density at radius 2 is 2.00 bits per heavy atom. The van der Waals surface area contributed by atoms with E-state index in [-0.39, 0.29) is 17.8 Å². The second-order valence-corrected chi connectivity index (χ2v) is 7.13. The number of benzene rings is 1. The fourth-order valence-electron chi connectivity index (χ4n) is 3.61. The molecule has 0 N–H and O–H groups in total. The third-order valence-corrected chi connectivity index (χ3v) is 5.29. The maximum atomic E-state index is 12.5. The fourth-order valence-corrected chi connectivity index (χ4v) is 3.61. The standard InChI is InChI=1S/C19H24F3N3O2/c1-13-5-4-6-15(11-13)14(2)25-9-7-18(26-3,8-10-25)17-23-16(24-27-17)12-19(20,21)22/h4-6,11,14H,7-10,12H2,1-3H3/t14-/m1/s1. The molecule has 0 radical (unpaired) electrons. The van der Waals surface area contributed by atoms with Gasteiger partial charge in [0.05, 0.1) is 0 Å². The van der Waals surface area contributed by atoms with Crippen molar-refractivity contribution in [3.05, 3.63) is 47.1 Å². The monoisotopic (exact) mass is 383 g/mol. The van der Waals surface area contributed by atoms with Gasteiger partial charge in [-0.05, 0) is 32.3 Å². The van der Waals surface area contributed by atoms with Crippen molar-refractivity contribution in [2.24, 2.45) is 0 Å². The Bertz CT molecular complexity index is 768. The van der Waals surface area contributed by atoms with Gasteiger partial charge in [0.15, 0.2) is 5.82 Å². The van der Waals surface area contributed by atoms with Crippen LogP contribution in [-0.4, -0.2) is 41.4 Å². The minimum atomic E-state index is -4.37. The molecule has 0 amide bonds. The van der Waals surface area contributed by atoms with Crippen LogP contribution in [0.3, 0.4) is 0 Å². The molecular formula is C19H24F3N3O2. The number of hydrogen-bond acceptors (Lipinski definition) is 5. The minimum absolute atomic E-state index is 0.132. The molecule has 3 rings (SSSR count). The molecule has 0 unspecified atom stereocenters. The number of ether oxygens (including phenoxy) is 1. The van der Waals surface area contributed by atoms with Gasteiger partial charge in [-0.25, -0.2) is 0 Å². The average molecular weight is 383 g/mol. The van der Waals surface area contributed by atoms with E-state index >= 15 is 0 Å². The van der Waals surface area contributed by atoms with Crippen LogP contribution < -0.4 is 0 Å². The van der Waals surface area contributed by atoms with E-state index in [1.54, 1.807) is 0 Å². The number of likely N-dealkylation sites (tertiary alicyclic amines) is 1. The third kappa shape index (κ3) is 4.50. The van der Waals surface area contributed by atoms with E-state index in [9.17, 15) is 13.2 Å². The van der Waals surface area contributed by atoms with Crippen LogP contribution in [0.5, 0.6) is 0 Å². The van der Waals surface area contributed by atoms with E-state index in [2.05, 4.69) is 47.1 Å². The molecule has 1 saturated heterocycles. The highest BCUT2D eigenvalue weighted by Gasteiger charge is 2.43. The van der Waals surface area contributed by atoms with E-state index in [1.165, 1.54) is 18.2 Å². The van der Waals surface area contributed by atoms with Crippen LogP contribution in [0.15, 0.2) is 28.8 Å². The molecule has 148 valence electrons. The van der Waals surface area contributed by atoms with Crippen LogP contribution in [0, 0.1) is 6.92 Å². The molecular weight excluding hydrogens is 359 g/mol. The summed E-state index contributed by atoms with van der Waals surface area (Å²) >= 11 is 0.